The standard InChI is InChI=1S/C22H30N4O5/c1-14(2)13-31-21(30)24-17-9-6-8-16(11-17)23-18(27)12-26-19(28)22(25-20(26)29)10-5-4-7-15(22)3/h6,8-9,11,14-15H,4-5,7,10,12-13H2,1-3H3,(H,23,27)(H,24,30)(H,25,29). The molecule has 1 heterocycles. The Balaban J connectivity index is 1.59. The van der Waals surface area contributed by atoms with Crippen molar-refractivity contribution >= 4 is 35.3 Å². The molecule has 3 rings (SSSR count). The van der Waals surface area contributed by atoms with Crippen LogP contribution in [-0.2, 0) is 14.3 Å². The summed E-state index contributed by atoms with van der Waals surface area (Å²) in [6.07, 6.45) is 2.78. The second-order valence-corrected chi connectivity index (χ2v) is 8.69. The summed E-state index contributed by atoms with van der Waals surface area (Å²) in [5.41, 5.74) is -0.00788. The average molecular weight is 431 g/mol. The van der Waals surface area contributed by atoms with Crippen molar-refractivity contribution in [3.8, 4) is 0 Å². The predicted molar refractivity (Wildman–Crippen MR) is 115 cm³/mol. The average Bonchev–Trinajstić information content (AvgIpc) is 2.94. The van der Waals surface area contributed by atoms with Crippen molar-refractivity contribution in [1.29, 1.82) is 0 Å². The number of nitrogens with one attached hydrogen (secondary N) is 3. The van der Waals surface area contributed by atoms with Crippen molar-refractivity contribution in [2.75, 3.05) is 23.8 Å². The Kier molecular flexibility index (Phi) is 6.82. The van der Waals surface area contributed by atoms with Crippen molar-refractivity contribution in [3.63, 3.8) is 0 Å². The Labute approximate surface area is 181 Å². The van der Waals surface area contributed by atoms with E-state index in [2.05, 4.69) is 16.0 Å². The maximum absolute atomic E-state index is 13.0. The molecule has 1 aliphatic heterocycles. The quantitative estimate of drug-likeness (QED) is 0.599. The Morgan fingerprint density at radius 1 is 1.23 bits per heavy atom. The Morgan fingerprint density at radius 3 is 2.61 bits per heavy atom. The van der Waals surface area contributed by atoms with Gasteiger partial charge in [0, 0.05) is 11.4 Å². The molecule has 0 radical (unpaired) electrons. The lowest BCUT2D eigenvalue weighted by Gasteiger charge is -2.36. The molecule has 1 saturated heterocycles. The van der Waals surface area contributed by atoms with E-state index in [0.29, 0.717) is 24.4 Å². The molecule has 2 atom stereocenters. The number of hydrogen-bond acceptors (Lipinski definition) is 5. The molecule has 2 unspecified atom stereocenters. The molecule has 9 nitrogen and oxygen atoms in total. The van der Waals surface area contributed by atoms with Crippen LogP contribution in [0.15, 0.2) is 24.3 Å². The molecule has 1 aliphatic carbocycles. The fourth-order valence-electron chi connectivity index (χ4n) is 4.05. The van der Waals surface area contributed by atoms with Gasteiger partial charge in [0.15, 0.2) is 0 Å². The molecule has 9 heteroatoms. The van der Waals surface area contributed by atoms with Crippen LogP contribution in [0.4, 0.5) is 21.0 Å². The molecule has 1 aromatic carbocycles. The number of benzene rings is 1. The van der Waals surface area contributed by atoms with E-state index in [-0.39, 0.29) is 24.3 Å². The van der Waals surface area contributed by atoms with Crippen molar-refractivity contribution in [2.45, 2.75) is 52.0 Å². The summed E-state index contributed by atoms with van der Waals surface area (Å²) >= 11 is 0. The Morgan fingerprint density at radius 2 is 1.94 bits per heavy atom. The highest BCUT2D eigenvalue weighted by Gasteiger charge is 2.55. The van der Waals surface area contributed by atoms with Crippen LogP contribution < -0.4 is 16.0 Å². The second kappa shape index (κ2) is 9.36. The van der Waals surface area contributed by atoms with Crippen molar-refractivity contribution in [2.24, 2.45) is 11.8 Å². The molecular formula is C22H30N4O5. The van der Waals surface area contributed by atoms with E-state index in [0.717, 1.165) is 24.2 Å². The van der Waals surface area contributed by atoms with Gasteiger partial charge in [0.2, 0.25) is 5.91 Å². The molecular weight excluding hydrogens is 400 g/mol. The number of nitrogens with zero attached hydrogens (tertiary/aromatic N) is 1. The van der Waals surface area contributed by atoms with Crippen LogP contribution in [0.3, 0.4) is 0 Å². The third-order valence-corrected chi connectivity index (χ3v) is 5.74. The monoisotopic (exact) mass is 430 g/mol. The van der Waals surface area contributed by atoms with Gasteiger partial charge in [0.1, 0.15) is 12.1 Å². The molecule has 3 N–H and O–H groups in total. The smallest absolute Gasteiger partial charge is 0.411 e. The lowest BCUT2D eigenvalue weighted by molar-refractivity contribution is -0.136. The lowest BCUT2D eigenvalue weighted by Crippen LogP contribution is -2.54. The zero-order chi connectivity index (χ0) is 22.6. The fraction of sp³-hybridized carbons (Fsp3) is 0.545. The van der Waals surface area contributed by atoms with Crippen LogP contribution in [0, 0.1) is 11.8 Å². The Hall–Kier alpha value is -3.10. The first kappa shape index (κ1) is 22.6. The first-order valence-corrected chi connectivity index (χ1v) is 10.7. The summed E-state index contributed by atoms with van der Waals surface area (Å²) in [5, 5.41) is 8.11. The predicted octanol–water partition coefficient (Wildman–Crippen LogP) is 3.33. The number of imide groups is 1. The molecule has 0 bridgehead atoms. The summed E-state index contributed by atoms with van der Waals surface area (Å²) in [4.78, 5) is 50.7. The third kappa shape index (κ3) is 5.15. The minimum absolute atomic E-state index is 0.0315. The van der Waals surface area contributed by atoms with Gasteiger partial charge in [-0.2, -0.15) is 0 Å². The first-order chi connectivity index (χ1) is 14.7. The van der Waals surface area contributed by atoms with Gasteiger partial charge in [-0.1, -0.05) is 39.7 Å². The highest BCUT2D eigenvalue weighted by atomic mass is 16.5. The van der Waals surface area contributed by atoms with Gasteiger partial charge in [-0.25, -0.2) is 9.59 Å². The van der Waals surface area contributed by atoms with Crippen LogP contribution in [0.25, 0.3) is 0 Å². The highest BCUT2D eigenvalue weighted by molar-refractivity contribution is 6.10. The van der Waals surface area contributed by atoms with Gasteiger partial charge in [-0.05, 0) is 42.9 Å². The maximum atomic E-state index is 13.0. The van der Waals surface area contributed by atoms with Crippen molar-refractivity contribution in [3.05, 3.63) is 24.3 Å². The third-order valence-electron chi connectivity index (χ3n) is 5.74. The van der Waals surface area contributed by atoms with Crippen LogP contribution in [-0.4, -0.2) is 47.5 Å². The summed E-state index contributed by atoms with van der Waals surface area (Å²) in [7, 11) is 0. The van der Waals surface area contributed by atoms with Crippen LogP contribution in [0.1, 0.15) is 46.5 Å². The number of ether oxygens (including phenoxy) is 1. The number of amides is 5. The molecule has 2 aliphatic rings. The number of urea groups is 1. The summed E-state index contributed by atoms with van der Waals surface area (Å²) in [6, 6.07) is 6.03. The minimum atomic E-state index is -0.893. The van der Waals surface area contributed by atoms with Gasteiger partial charge in [0.05, 0.1) is 6.61 Å². The molecule has 168 valence electrons. The van der Waals surface area contributed by atoms with Gasteiger partial charge in [0.25, 0.3) is 5.91 Å². The number of rotatable bonds is 6. The van der Waals surface area contributed by atoms with Crippen LogP contribution in [0.5, 0.6) is 0 Å². The molecule has 0 aromatic heterocycles. The molecule has 5 amide bonds. The highest BCUT2D eigenvalue weighted by Crippen LogP contribution is 2.38. The Bertz CT molecular complexity index is 871. The van der Waals surface area contributed by atoms with E-state index in [1.807, 2.05) is 20.8 Å². The van der Waals surface area contributed by atoms with Crippen molar-refractivity contribution in [1.82, 2.24) is 10.2 Å². The largest absolute Gasteiger partial charge is 0.449 e. The van der Waals surface area contributed by atoms with E-state index >= 15 is 0 Å². The molecule has 31 heavy (non-hydrogen) atoms. The van der Waals surface area contributed by atoms with Crippen molar-refractivity contribution < 1.29 is 23.9 Å². The number of carbonyl (C=O) groups is 4. The maximum Gasteiger partial charge on any atom is 0.411 e. The molecule has 2 fully saturated rings. The topological polar surface area (TPSA) is 117 Å². The zero-order valence-corrected chi connectivity index (χ0v) is 18.2. The number of carbonyl (C=O) groups excluding carboxylic acids is 4. The van der Waals surface area contributed by atoms with Gasteiger partial charge in [-0.3, -0.25) is 19.8 Å². The number of hydrogen-bond donors (Lipinski definition) is 3. The molecule has 1 aromatic rings. The first-order valence-electron chi connectivity index (χ1n) is 10.7. The van der Waals surface area contributed by atoms with E-state index in [4.69, 9.17) is 4.74 Å². The minimum Gasteiger partial charge on any atom is -0.449 e. The van der Waals surface area contributed by atoms with Crippen LogP contribution in [0.2, 0.25) is 0 Å². The van der Waals surface area contributed by atoms with Gasteiger partial charge < -0.3 is 15.4 Å². The summed E-state index contributed by atoms with van der Waals surface area (Å²) in [5.74, 6) is -0.576. The second-order valence-electron chi connectivity index (χ2n) is 8.69. The van der Waals surface area contributed by atoms with Gasteiger partial charge >= 0.3 is 12.1 Å². The fourth-order valence-corrected chi connectivity index (χ4v) is 4.05. The van der Waals surface area contributed by atoms with E-state index in [1.165, 1.54) is 0 Å². The summed E-state index contributed by atoms with van der Waals surface area (Å²) in [6.45, 7) is 5.77. The SMILES string of the molecule is CC(C)COC(=O)Nc1cccc(NC(=O)CN2C(=O)NC3(CCCCC3C)C2=O)c1. The summed E-state index contributed by atoms with van der Waals surface area (Å²) < 4.78 is 5.08. The molecule has 1 saturated carbocycles. The van der Waals surface area contributed by atoms with Gasteiger partial charge in [-0.15, -0.1) is 0 Å². The zero-order valence-electron chi connectivity index (χ0n) is 18.2. The molecule has 1 spiro atoms. The van der Waals surface area contributed by atoms with E-state index in [9.17, 15) is 19.2 Å². The van der Waals surface area contributed by atoms with E-state index < -0.39 is 23.6 Å². The lowest BCUT2D eigenvalue weighted by atomic mass is 9.73. The van der Waals surface area contributed by atoms with Crippen LogP contribution >= 0.6 is 0 Å². The normalized spacial score (nSPS) is 23.1. The number of anilines is 2. The van der Waals surface area contributed by atoms with E-state index in [1.54, 1.807) is 24.3 Å².